The summed E-state index contributed by atoms with van der Waals surface area (Å²) in [6.45, 7) is 2.19. The quantitative estimate of drug-likeness (QED) is 0.625. The highest BCUT2D eigenvalue weighted by atomic mass is 32.1. The van der Waals surface area contributed by atoms with Crippen molar-refractivity contribution in [2.75, 3.05) is 5.32 Å². The Morgan fingerprint density at radius 3 is 2.56 bits per heavy atom. The summed E-state index contributed by atoms with van der Waals surface area (Å²) in [5.74, 6) is -0.0359. The highest BCUT2D eigenvalue weighted by Crippen LogP contribution is 2.23. The van der Waals surface area contributed by atoms with E-state index >= 15 is 0 Å². The van der Waals surface area contributed by atoms with Crippen LogP contribution in [0.25, 0.3) is 10.6 Å². The van der Waals surface area contributed by atoms with Crippen LogP contribution < -0.4 is 5.32 Å². The lowest BCUT2D eigenvalue weighted by Gasteiger charge is -2.06. The molecule has 0 saturated heterocycles. The summed E-state index contributed by atoms with van der Waals surface area (Å²) in [7, 11) is 0. The zero-order chi connectivity index (χ0) is 17.5. The Kier molecular flexibility index (Phi) is 5.96. The van der Waals surface area contributed by atoms with Crippen LogP contribution in [0.5, 0.6) is 0 Å². The third-order valence-electron chi connectivity index (χ3n) is 3.97. The van der Waals surface area contributed by atoms with E-state index < -0.39 is 0 Å². The van der Waals surface area contributed by atoms with E-state index in [2.05, 4.69) is 29.4 Å². The van der Waals surface area contributed by atoms with Gasteiger partial charge >= 0.3 is 0 Å². The summed E-state index contributed by atoms with van der Waals surface area (Å²) in [5.41, 5.74) is 4.04. The summed E-state index contributed by atoms with van der Waals surface area (Å²) in [6.07, 6.45) is 3.77. The zero-order valence-corrected chi connectivity index (χ0v) is 15.2. The molecule has 2 aromatic carbocycles. The Labute approximate surface area is 152 Å². The molecule has 0 radical (unpaired) electrons. The number of aromatic nitrogens is 1. The summed E-state index contributed by atoms with van der Waals surface area (Å²) >= 11 is 1.57. The van der Waals surface area contributed by atoms with Crippen LogP contribution >= 0.6 is 11.3 Å². The minimum atomic E-state index is -0.0359. The number of rotatable bonds is 7. The van der Waals surface area contributed by atoms with Crippen LogP contribution in [0.3, 0.4) is 0 Å². The summed E-state index contributed by atoms with van der Waals surface area (Å²) in [5, 5.41) is 5.85. The van der Waals surface area contributed by atoms with Gasteiger partial charge in [0.1, 0.15) is 5.01 Å². The number of amides is 1. The Balaban J connectivity index is 1.57. The third kappa shape index (κ3) is 5.00. The SMILES string of the molecule is CCCCc1ccc(NC(=O)Cc2csc(-c3ccccc3)n2)cc1. The molecule has 1 N–H and O–H groups in total. The molecule has 3 nitrogen and oxygen atoms in total. The second-order valence-corrected chi connectivity index (χ2v) is 6.89. The molecule has 0 bridgehead atoms. The van der Waals surface area contributed by atoms with Crippen LogP contribution in [0.15, 0.2) is 60.0 Å². The van der Waals surface area contributed by atoms with Crippen molar-refractivity contribution in [3.63, 3.8) is 0 Å². The minimum absolute atomic E-state index is 0.0359. The molecular formula is C21H22N2OS. The molecule has 0 unspecified atom stereocenters. The molecule has 0 atom stereocenters. The van der Waals surface area contributed by atoms with E-state index in [-0.39, 0.29) is 5.91 Å². The van der Waals surface area contributed by atoms with Crippen molar-refractivity contribution in [1.29, 1.82) is 0 Å². The molecule has 0 fully saturated rings. The smallest absolute Gasteiger partial charge is 0.230 e. The maximum Gasteiger partial charge on any atom is 0.230 e. The van der Waals surface area contributed by atoms with E-state index in [9.17, 15) is 4.79 Å². The van der Waals surface area contributed by atoms with Crippen molar-refractivity contribution in [2.45, 2.75) is 32.6 Å². The normalized spacial score (nSPS) is 10.6. The lowest BCUT2D eigenvalue weighted by molar-refractivity contribution is -0.115. The van der Waals surface area contributed by atoms with E-state index in [1.54, 1.807) is 11.3 Å². The fraction of sp³-hybridized carbons (Fsp3) is 0.238. The van der Waals surface area contributed by atoms with E-state index in [0.717, 1.165) is 28.4 Å². The molecular weight excluding hydrogens is 328 g/mol. The maximum atomic E-state index is 12.2. The zero-order valence-electron chi connectivity index (χ0n) is 14.4. The fourth-order valence-corrected chi connectivity index (χ4v) is 3.43. The number of thiazole rings is 1. The highest BCUT2D eigenvalue weighted by molar-refractivity contribution is 7.13. The summed E-state index contributed by atoms with van der Waals surface area (Å²) in [4.78, 5) is 16.8. The van der Waals surface area contributed by atoms with Gasteiger partial charge < -0.3 is 5.32 Å². The lowest BCUT2D eigenvalue weighted by atomic mass is 10.1. The Morgan fingerprint density at radius 1 is 1.08 bits per heavy atom. The van der Waals surface area contributed by atoms with E-state index in [4.69, 9.17) is 0 Å². The van der Waals surface area contributed by atoms with E-state index in [1.807, 2.05) is 47.8 Å². The Hall–Kier alpha value is -2.46. The first-order valence-electron chi connectivity index (χ1n) is 8.63. The number of benzene rings is 2. The number of anilines is 1. The first-order valence-corrected chi connectivity index (χ1v) is 9.51. The molecule has 0 saturated carbocycles. The predicted octanol–water partition coefficient (Wildman–Crippen LogP) is 5.33. The van der Waals surface area contributed by atoms with Crippen LogP contribution in [0.4, 0.5) is 5.69 Å². The lowest BCUT2D eigenvalue weighted by Crippen LogP contribution is -2.14. The van der Waals surface area contributed by atoms with E-state index in [1.165, 1.54) is 18.4 Å². The first kappa shape index (κ1) is 17.4. The minimum Gasteiger partial charge on any atom is -0.326 e. The predicted molar refractivity (Wildman–Crippen MR) is 105 cm³/mol. The standard InChI is InChI=1S/C21H22N2OS/c1-2-3-7-16-10-12-18(13-11-16)22-20(24)14-19-15-25-21(23-19)17-8-5-4-6-9-17/h4-6,8-13,15H,2-3,7,14H2,1H3,(H,22,24). The molecule has 0 spiro atoms. The molecule has 0 aliphatic carbocycles. The van der Waals surface area contributed by atoms with Gasteiger partial charge in [-0.2, -0.15) is 0 Å². The molecule has 3 rings (SSSR count). The van der Waals surface area contributed by atoms with Gasteiger partial charge in [-0.3, -0.25) is 4.79 Å². The molecule has 25 heavy (non-hydrogen) atoms. The number of carbonyl (C=O) groups excluding carboxylic acids is 1. The second kappa shape index (κ2) is 8.58. The molecule has 0 aliphatic heterocycles. The Bertz CT molecular complexity index is 809. The molecule has 3 aromatic rings. The van der Waals surface area contributed by atoms with Gasteiger partial charge in [-0.15, -0.1) is 11.3 Å². The summed E-state index contributed by atoms with van der Waals surface area (Å²) in [6, 6.07) is 18.1. The van der Waals surface area contributed by atoms with Crippen LogP contribution in [0.1, 0.15) is 31.0 Å². The first-order chi connectivity index (χ1) is 12.2. The number of aryl methyl sites for hydroxylation is 1. The largest absolute Gasteiger partial charge is 0.326 e. The average molecular weight is 350 g/mol. The maximum absolute atomic E-state index is 12.2. The molecule has 1 amide bonds. The van der Waals surface area contributed by atoms with Crippen LogP contribution in [0.2, 0.25) is 0 Å². The van der Waals surface area contributed by atoms with Crippen molar-refractivity contribution in [3.8, 4) is 10.6 Å². The number of unbranched alkanes of at least 4 members (excludes halogenated alkanes) is 1. The van der Waals surface area contributed by atoms with Gasteiger partial charge in [0.25, 0.3) is 0 Å². The van der Waals surface area contributed by atoms with Crippen LogP contribution in [-0.4, -0.2) is 10.9 Å². The third-order valence-corrected chi connectivity index (χ3v) is 4.91. The van der Waals surface area contributed by atoms with Crippen molar-refractivity contribution in [3.05, 3.63) is 71.2 Å². The van der Waals surface area contributed by atoms with Gasteiger partial charge in [0.05, 0.1) is 12.1 Å². The van der Waals surface area contributed by atoms with Gasteiger partial charge in [-0.1, -0.05) is 55.8 Å². The van der Waals surface area contributed by atoms with Crippen molar-refractivity contribution < 1.29 is 4.79 Å². The number of nitrogens with one attached hydrogen (secondary N) is 1. The van der Waals surface area contributed by atoms with Crippen LogP contribution in [-0.2, 0) is 17.6 Å². The highest BCUT2D eigenvalue weighted by Gasteiger charge is 2.09. The topological polar surface area (TPSA) is 42.0 Å². The van der Waals surface area contributed by atoms with Gasteiger partial charge in [-0.05, 0) is 30.5 Å². The summed E-state index contributed by atoms with van der Waals surface area (Å²) < 4.78 is 0. The Morgan fingerprint density at radius 2 is 1.84 bits per heavy atom. The van der Waals surface area contributed by atoms with Crippen molar-refractivity contribution in [1.82, 2.24) is 4.98 Å². The number of carbonyl (C=O) groups is 1. The molecule has 1 heterocycles. The van der Waals surface area contributed by atoms with Gasteiger partial charge in [0.2, 0.25) is 5.91 Å². The molecule has 4 heteroatoms. The van der Waals surface area contributed by atoms with Crippen molar-refractivity contribution in [2.24, 2.45) is 0 Å². The van der Waals surface area contributed by atoms with Gasteiger partial charge in [0.15, 0.2) is 0 Å². The van der Waals surface area contributed by atoms with Gasteiger partial charge in [0, 0.05) is 16.6 Å². The molecule has 0 aliphatic rings. The second-order valence-electron chi connectivity index (χ2n) is 6.04. The number of hydrogen-bond acceptors (Lipinski definition) is 3. The average Bonchev–Trinajstić information content (AvgIpc) is 3.10. The number of nitrogens with zero attached hydrogens (tertiary/aromatic N) is 1. The molecule has 128 valence electrons. The van der Waals surface area contributed by atoms with Crippen molar-refractivity contribution >= 4 is 22.9 Å². The fourth-order valence-electron chi connectivity index (χ4n) is 2.61. The number of hydrogen-bond donors (Lipinski definition) is 1. The molecule has 1 aromatic heterocycles. The monoisotopic (exact) mass is 350 g/mol. The van der Waals surface area contributed by atoms with E-state index in [0.29, 0.717) is 6.42 Å². The van der Waals surface area contributed by atoms with Crippen LogP contribution in [0, 0.1) is 0 Å². The van der Waals surface area contributed by atoms with Gasteiger partial charge in [-0.25, -0.2) is 4.98 Å².